The van der Waals surface area contributed by atoms with E-state index in [1.807, 2.05) is 91.0 Å². The Morgan fingerprint density at radius 2 is 0.910 bits per heavy atom. The number of carbonyl (C=O) groups excluding carboxylic acids is 7. The summed E-state index contributed by atoms with van der Waals surface area (Å²) in [6.45, 7) is 19.1. The summed E-state index contributed by atoms with van der Waals surface area (Å²) in [4.78, 5) is 94.4. The molecule has 4 amide bonds. The Balaban J connectivity index is 0.000000112. The average Bonchev–Trinajstić information content (AvgIpc) is 1.50. The Hall–Kier alpha value is -7.53. The van der Waals surface area contributed by atoms with Crippen LogP contribution in [0.5, 0.6) is 17.2 Å². The van der Waals surface area contributed by atoms with Crippen LogP contribution < -0.4 is 30.2 Å². The standard InChI is InChI=1S/C28H31NO5.C28H33NO4.C28H31NO4/c1-3-16-7-11-18-20-12-14(2)4-10-19(20)23-22(18)21(16)24(30)28-25(34-28)27(32,29-26(28)31)13-15-5-8-17(33-23)9-6-15;1-3-17-7-11-19-21-12-15(2)4-10-20(21)26-24(19)23(17)25(30)22-14-28(32,29-27(22)31)13-16-5-8-18(33-26)9-6-16;1-3-16-7-11-18-20-12-14(2)4-10-19(20)26-23(18)22(16)25(30)24-21(27(31)29-28(24)32)13-15-5-8-17(33-26)9-6-15/h3,5-9,11,14,16,18-23,25,32H,1,4,10,12-13H2,2H3,(H,29,31);3,5-9,11,15,17,19-24,26,32H,1,4,10,12-14H2,2H3,(H,29,31);3,5-9,11,14,16,18-24,26H,1,4,10,12-13H2,2H3,(H,29,31,32). The molecular formula is C84H95N3O13. The van der Waals surface area contributed by atoms with Gasteiger partial charge in [-0.2, -0.15) is 0 Å². The Morgan fingerprint density at radius 1 is 0.480 bits per heavy atom. The Kier molecular flexibility index (Phi) is 16.2. The third-order valence-corrected chi connectivity index (χ3v) is 28.0. The molecule has 0 spiro atoms. The Morgan fingerprint density at radius 3 is 1.37 bits per heavy atom. The van der Waals surface area contributed by atoms with Gasteiger partial charge in [0.05, 0.1) is 5.92 Å². The summed E-state index contributed by atoms with van der Waals surface area (Å²) in [7, 11) is 0. The van der Waals surface area contributed by atoms with Crippen molar-refractivity contribution >= 4 is 41.0 Å². The third kappa shape index (κ3) is 10.5. The summed E-state index contributed by atoms with van der Waals surface area (Å²) in [5, 5.41) is 30.4. The fourth-order valence-electron chi connectivity index (χ4n) is 23.6. The predicted octanol–water partition coefficient (Wildman–Crippen LogP) is 10.2. The normalized spacial score (nSPS) is 46.4. The lowest BCUT2D eigenvalue weighted by Crippen LogP contribution is -2.51. The minimum absolute atomic E-state index is 0.00715. The lowest BCUT2D eigenvalue weighted by atomic mass is 9.64. The number of aliphatic hydroxyl groups is 2. The van der Waals surface area contributed by atoms with Gasteiger partial charge in [-0.3, -0.25) is 38.9 Å². The van der Waals surface area contributed by atoms with Crippen molar-refractivity contribution in [1.82, 2.24) is 16.0 Å². The summed E-state index contributed by atoms with van der Waals surface area (Å²) in [5.74, 6) is 1.41. The van der Waals surface area contributed by atoms with Crippen molar-refractivity contribution < 1.29 is 62.7 Å². The molecule has 9 aliphatic carbocycles. The highest BCUT2D eigenvalue weighted by Crippen LogP contribution is 2.63. The summed E-state index contributed by atoms with van der Waals surface area (Å²) >= 11 is 0. The monoisotopic (exact) mass is 1350 g/mol. The second-order valence-electron chi connectivity index (χ2n) is 33.6. The molecular weight excluding hydrogens is 1260 g/mol. The van der Waals surface area contributed by atoms with Gasteiger partial charge in [0.15, 0.2) is 23.4 Å². The molecule has 524 valence electrons. The first-order valence-electron chi connectivity index (χ1n) is 37.6. The molecule has 10 heterocycles. The lowest BCUT2D eigenvalue weighted by Gasteiger charge is -2.39. The number of amides is 4. The zero-order valence-electron chi connectivity index (χ0n) is 57.5. The van der Waals surface area contributed by atoms with Crippen molar-refractivity contribution in [2.75, 3.05) is 0 Å². The molecule has 16 nitrogen and oxygen atoms in total. The van der Waals surface area contributed by atoms with Gasteiger partial charge in [0, 0.05) is 72.5 Å². The van der Waals surface area contributed by atoms with E-state index in [2.05, 4.69) is 92.9 Å². The van der Waals surface area contributed by atoms with Crippen LogP contribution in [0.2, 0.25) is 0 Å². The van der Waals surface area contributed by atoms with Crippen LogP contribution in [-0.4, -0.2) is 92.7 Å². The maximum Gasteiger partial charge on any atom is 0.265 e. The first-order valence-corrected chi connectivity index (χ1v) is 37.6. The van der Waals surface area contributed by atoms with Crippen LogP contribution in [0.15, 0.2) is 147 Å². The van der Waals surface area contributed by atoms with E-state index in [0.29, 0.717) is 59.7 Å². The van der Waals surface area contributed by atoms with Crippen molar-refractivity contribution in [3.63, 3.8) is 0 Å². The number of ketones is 3. The van der Waals surface area contributed by atoms with E-state index in [1.54, 1.807) is 0 Å². The number of fused-ring (bicyclic) bond motifs is 12. The first kappa shape index (κ1) is 65.8. The molecule has 4 saturated heterocycles. The van der Waals surface area contributed by atoms with Gasteiger partial charge in [-0.15, -0.1) is 19.7 Å². The summed E-state index contributed by atoms with van der Waals surface area (Å²) in [6, 6.07) is 23.5. The second kappa shape index (κ2) is 24.6. The summed E-state index contributed by atoms with van der Waals surface area (Å²) in [6.07, 6.45) is 28.8. The van der Waals surface area contributed by atoms with Gasteiger partial charge < -0.3 is 39.8 Å². The maximum atomic E-state index is 14.3. The number of epoxide rings is 1. The Labute approximate surface area is 585 Å². The molecule has 10 fully saturated rings. The van der Waals surface area contributed by atoms with E-state index in [0.717, 1.165) is 78.9 Å². The van der Waals surface area contributed by atoms with Crippen LogP contribution in [0.1, 0.15) is 102 Å². The number of morpholine rings is 1. The number of ether oxygens (including phenoxy) is 4. The number of rotatable bonds is 3. The van der Waals surface area contributed by atoms with Gasteiger partial charge in [-0.1, -0.05) is 131 Å². The highest BCUT2D eigenvalue weighted by atomic mass is 16.6. The number of hydrogen-bond donors (Lipinski definition) is 5. The quantitative estimate of drug-likeness (QED) is 0.0711. The smallest absolute Gasteiger partial charge is 0.265 e. The van der Waals surface area contributed by atoms with E-state index in [4.69, 9.17) is 18.9 Å². The number of hydrogen-bond acceptors (Lipinski definition) is 13. The molecule has 31 atom stereocenters. The molecule has 6 saturated carbocycles. The number of nitrogens with one attached hydrogen (secondary N) is 3. The SMILES string of the molecule is C=CC1C=CC2C3CC(C)CCC3C3Oc4ccc(cc4)CC4(O)CC(C(=O)N4)C(=O)C1C23.C=CC1C=CC2C3CC(C)CCC3C3Oc4ccc(cc4)CC4(O)NC(=O)C5(OC45)C(=O)C1C23.C=CC1C=CC2C3CC(C)CCC3C3Oc4ccc(cc4)CC4C(=O)NC(=O)C4C(=O)C1C23. The van der Waals surface area contributed by atoms with Crippen molar-refractivity contribution in [1.29, 1.82) is 0 Å². The van der Waals surface area contributed by atoms with Gasteiger partial charge in [0.1, 0.15) is 58.9 Å². The topological polar surface area (TPSA) is 236 Å². The van der Waals surface area contributed by atoms with Gasteiger partial charge in [0.25, 0.3) is 5.91 Å². The van der Waals surface area contributed by atoms with Gasteiger partial charge in [-0.25, -0.2) is 0 Å². The molecule has 10 bridgehead atoms. The molecule has 10 aliphatic heterocycles. The molecule has 3 aromatic carbocycles. The first-order chi connectivity index (χ1) is 48.2. The molecule has 31 unspecified atom stereocenters. The van der Waals surface area contributed by atoms with Crippen molar-refractivity contribution in [2.24, 2.45) is 142 Å². The van der Waals surface area contributed by atoms with Crippen molar-refractivity contribution in [3.05, 3.63) is 164 Å². The minimum atomic E-state index is -1.62. The van der Waals surface area contributed by atoms with Crippen LogP contribution in [0, 0.1) is 142 Å². The number of carbonyl (C=O) groups is 7. The predicted molar refractivity (Wildman–Crippen MR) is 371 cm³/mol. The van der Waals surface area contributed by atoms with E-state index in [9.17, 15) is 43.8 Å². The van der Waals surface area contributed by atoms with E-state index >= 15 is 0 Å². The third-order valence-electron chi connectivity index (χ3n) is 28.0. The maximum absolute atomic E-state index is 14.3. The minimum Gasteiger partial charge on any atom is -0.490 e. The van der Waals surface area contributed by atoms with Crippen molar-refractivity contribution in [3.8, 4) is 17.2 Å². The molecule has 16 heteroatoms. The van der Waals surface area contributed by atoms with Gasteiger partial charge in [-0.05, 0) is 169 Å². The van der Waals surface area contributed by atoms with E-state index in [1.165, 1.54) is 12.8 Å². The van der Waals surface area contributed by atoms with Crippen LogP contribution in [-0.2, 0) is 57.6 Å². The number of benzene rings is 3. The molecule has 5 N–H and O–H groups in total. The molecule has 22 rings (SSSR count). The molecule has 0 radical (unpaired) electrons. The zero-order valence-corrected chi connectivity index (χ0v) is 57.5. The highest BCUT2D eigenvalue weighted by molar-refractivity contribution is 6.17. The van der Waals surface area contributed by atoms with Gasteiger partial charge in [0.2, 0.25) is 23.3 Å². The van der Waals surface area contributed by atoms with E-state index in [-0.39, 0.29) is 126 Å². The fraction of sp³-hybridized carbons (Fsp3) is 0.560. The van der Waals surface area contributed by atoms with Crippen LogP contribution >= 0.6 is 0 Å². The van der Waals surface area contributed by atoms with Crippen LogP contribution in [0.25, 0.3) is 0 Å². The fourth-order valence-corrected chi connectivity index (χ4v) is 23.6. The summed E-state index contributed by atoms with van der Waals surface area (Å²) < 4.78 is 26.1. The van der Waals surface area contributed by atoms with Crippen LogP contribution in [0.4, 0.5) is 0 Å². The van der Waals surface area contributed by atoms with Crippen LogP contribution in [0.3, 0.4) is 0 Å². The van der Waals surface area contributed by atoms with Gasteiger partial charge >= 0.3 is 0 Å². The average molecular weight is 1350 g/mol. The second-order valence-corrected chi connectivity index (χ2v) is 33.6. The molecule has 3 aromatic rings. The number of allylic oxidation sites excluding steroid dienone is 9. The molecule has 19 aliphatic rings. The Bertz CT molecular complexity index is 3970. The number of Topliss-reactive ketones (excluding diaryl/α,β-unsaturated/α-hetero) is 3. The lowest BCUT2D eigenvalue weighted by molar-refractivity contribution is -0.144. The molecule has 100 heavy (non-hydrogen) atoms. The molecule has 0 aromatic heterocycles. The van der Waals surface area contributed by atoms with Crippen molar-refractivity contribution in [2.45, 2.75) is 146 Å². The number of imide groups is 1. The highest BCUT2D eigenvalue weighted by Gasteiger charge is 2.82. The van der Waals surface area contributed by atoms with E-state index < -0.39 is 64.6 Å². The zero-order chi connectivity index (χ0) is 69.2. The largest absolute Gasteiger partial charge is 0.490 e. The summed E-state index contributed by atoms with van der Waals surface area (Å²) in [5.41, 5.74) is -1.92.